The van der Waals surface area contributed by atoms with E-state index in [1.165, 1.54) is 0 Å². The zero-order valence-electron chi connectivity index (χ0n) is 16.8. The molecule has 0 spiro atoms. The van der Waals surface area contributed by atoms with Crippen LogP contribution in [0.3, 0.4) is 0 Å². The van der Waals surface area contributed by atoms with Gasteiger partial charge in [-0.1, -0.05) is 37.3 Å². The van der Waals surface area contributed by atoms with Crippen molar-refractivity contribution in [2.24, 2.45) is 17.8 Å². The van der Waals surface area contributed by atoms with Crippen molar-refractivity contribution in [3.05, 3.63) is 77.9 Å². The van der Waals surface area contributed by atoms with Crippen LogP contribution in [0, 0.1) is 29.1 Å². The summed E-state index contributed by atoms with van der Waals surface area (Å²) in [5, 5.41) is 9.80. The summed E-state index contributed by atoms with van der Waals surface area (Å²) >= 11 is 0. The lowest BCUT2D eigenvalue weighted by Gasteiger charge is -2.51. The summed E-state index contributed by atoms with van der Waals surface area (Å²) in [6.07, 6.45) is 7.63. The predicted octanol–water partition coefficient (Wildman–Crippen LogP) is 4.14. The second-order valence-corrected chi connectivity index (χ2v) is 8.37. The van der Waals surface area contributed by atoms with Crippen molar-refractivity contribution in [2.45, 2.75) is 31.6 Å². The standard InChI is InChI=1S/C25H22N4O/c1-16-21-10-9-17-15-28-24(18-6-5-11-27-14-18)29-23(17)25(21,12-19(13-26)22(16)30)20-7-3-2-4-8-20/h2-8,11,14-16,19,21H,9-10,12H2,1H3/t16-,19?,21-,25+/m0/s1. The van der Waals surface area contributed by atoms with Crippen molar-refractivity contribution in [2.75, 3.05) is 0 Å². The summed E-state index contributed by atoms with van der Waals surface area (Å²) in [5.41, 5.74) is 3.61. The Bertz CT molecular complexity index is 1140. The number of fused-ring (bicyclic) bond motifs is 3. The van der Waals surface area contributed by atoms with Gasteiger partial charge in [0.1, 0.15) is 5.92 Å². The van der Waals surface area contributed by atoms with E-state index in [2.05, 4.69) is 28.2 Å². The van der Waals surface area contributed by atoms with Gasteiger partial charge in [-0.2, -0.15) is 5.26 Å². The number of benzene rings is 1. The Hall–Kier alpha value is -3.39. The maximum absolute atomic E-state index is 12.9. The van der Waals surface area contributed by atoms with E-state index in [9.17, 15) is 10.1 Å². The number of aromatic nitrogens is 3. The SMILES string of the molecule is C[C@@H]1C(=O)C(C#N)C[C@]2(c3ccccc3)c3nc(-c4cccnc4)ncc3CC[C@@H]12. The van der Waals surface area contributed by atoms with E-state index in [-0.39, 0.29) is 17.6 Å². The number of nitriles is 1. The highest BCUT2D eigenvalue weighted by atomic mass is 16.1. The number of hydrogen-bond acceptors (Lipinski definition) is 5. The normalized spacial score (nSPS) is 27.6. The van der Waals surface area contributed by atoms with Gasteiger partial charge in [-0.05, 0) is 48.4 Å². The van der Waals surface area contributed by atoms with E-state index < -0.39 is 11.3 Å². The molecule has 0 N–H and O–H groups in total. The van der Waals surface area contributed by atoms with Gasteiger partial charge in [-0.3, -0.25) is 9.78 Å². The fraction of sp³-hybridized carbons (Fsp3) is 0.320. The largest absolute Gasteiger partial charge is 0.298 e. The van der Waals surface area contributed by atoms with Gasteiger partial charge in [0.15, 0.2) is 11.6 Å². The molecule has 1 aromatic carbocycles. The minimum Gasteiger partial charge on any atom is -0.298 e. The van der Waals surface area contributed by atoms with Gasteiger partial charge in [-0.25, -0.2) is 9.97 Å². The number of Topliss-reactive ketones (excluding diaryl/α,β-unsaturated/α-hetero) is 1. The molecule has 0 aliphatic heterocycles. The molecule has 4 atom stereocenters. The van der Waals surface area contributed by atoms with Crippen molar-refractivity contribution in [3.8, 4) is 17.5 Å². The molecule has 1 fully saturated rings. The molecule has 1 saturated carbocycles. The topological polar surface area (TPSA) is 79.5 Å². The Morgan fingerprint density at radius 3 is 2.70 bits per heavy atom. The van der Waals surface area contributed by atoms with Crippen LogP contribution in [0.4, 0.5) is 0 Å². The molecule has 5 rings (SSSR count). The summed E-state index contributed by atoms with van der Waals surface area (Å²) < 4.78 is 0. The lowest BCUT2D eigenvalue weighted by molar-refractivity contribution is -0.131. The van der Waals surface area contributed by atoms with Crippen molar-refractivity contribution in [3.63, 3.8) is 0 Å². The van der Waals surface area contributed by atoms with Crippen molar-refractivity contribution >= 4 is 5.78 Å². The summed E-state index contributed by atoms with van der Waals surface area (Å²) in [4.78, 5) is 26.8. The van der Waals surface area contributed by atoms with E-state index >= 15 is 0 Å². The maximum Gasteiger partial charge on any atom is 0.160 e. The van der Waals surface area contributed by atoms with Crippen molar-refractivity contribution in [1.82, 2.24) is 15.0 Å². The summed E-state index contributed by atoms with van der Waals surface area (Å²) in [7, 11) is 0. The molecular formula is C25H22N4O. The number of hydrogen-bond donors (Lipinski definition) is 0. The Morgan fingerprint density at radius 1 is 1.13 bits per heavy atom. The number of ketones is 1. The Balaban J connectivity index is 1.77. The van der Waals surface area contributed by atoms with Crippen molar-refractivity contribution < 1.29 is 4.79 Å². The van der Waals surface area contributed by atoms with E-state index in [0.29, 0.717) is 12.2 Å². The molecular weight excluding hydrogens is 372 g/mol. The average Bonchev–Trinajstić information content (AvgIpc) is 2.82. The van der Waals surface area contributed by atoms with Crippen LogP contribution < -0.4 is 0 Å². The third kappa shape index (κ3) is 2.68. The fourth-order valence-corrected chi connectivity index (χ4v) is 5.52. The molecule has 3 aromatic rings. The molecule has 148 valence electrons. The number of aryl methyl sites for hydroxylation is 1. The molecule has 0 amide bonds. The van der Waals surface area contributed by atoms with E-state index in [1.54, 1.807) is 12.4 Å². The third-order valence-corrected chi connectivity index (χ3v) is 6.93. The van der Waals surface area contributed by atoms with Gasteiger partial charge in [0.2, 0.25) is 0 Å². The van der Waals surface area contributed by atoms with E-state index in [0.717, 1.165) is 35.2 Å². The maximum atomic E-state index is 12.9. The highest BCUT2D eigenvalue weighted by Crippen LogP contribution is 2.55. The van der Waals surface area contributed by atoms with Gasteiger partial charge < -0.3 is 0 Å². The van der Waals surface area contributed by atoms with Gasteiger partial charge >= 0.3 is 0 Å². The first-order valence-corrected chi connectivity index (χ1v) is 10.4. The molecule has 5 nitrogen and oxygen atoms in total. The first-order chi connectivity index (χ1) is 14.6. The molecule has 2 aliphatic carbocycles. The number of carbonyl (C=O) groups excluding carboxylic acids is 1. The number of rotatable bonds is 2. The van der Waals surface area contributed by atoms with Crippen LogP contribution in [0.1, 0.15) is 36.6 Å². The Kier molecular flexibility index (Phi) is 4.43. The van der Waals surface area contributed by atoms with Crippen LogP contribution in [0.25, 0.3) is 11.4 Å². The minimum absolute atomic E-state index is 0.0686. The number of carbonyl (C=O) groups is 1. The summed E-state index contributed by atoms with van der Waals surface area (Å²) in [6, 6.07) is 16.4. The molecule has 0 saturated heterocycles. The second kappa shape index (κ2) is 7.14. The van der Waals surface area contributed by atoms with Crippen LogP contribution >= 0.6 is 0 Å². The van der Waals surface area contributed by atoms with Crippen LogP contribution in [0.2, 0.25) is 0 Å². The minimum atomic E-state index is -0.626. The molecule has 30 heavy (non-hydrogen) atoms. The lowest BCUT2D eigenvalue weighted by atomic mass is 9.51. The zero-order valence-corrected chi connectivity index (χ0v) is 16.8. The molecule has 2 heterocycles. The Labute approximate surface area is 175 Å². The second-order valence-electron chi connectivity index (χ2n) is 8.37. The van der Waals surface area contributed by atoms with Gasteiger partial charge in [0, 0.05) is 35.5 Å². The molecule has 0 bridgehead atoms. The zero-order chi connectivity index (χ0) is 20.7. The summed E-state index contributed by atoms with van der Waals surface area (Å²) in [5.74, 6) is 0.00355. The monoisotopic (exact) mass is 394 g/mol. The van der Waals surface area contributed by atoms with Gasteiger partial charge in [-0.15, -0.1) is 0 Å². The molecule has 2 aliphatic rings. The van der Waals surface area contributed by atoms with Crippen LogP contribution in [0.5, 0.6) is 0 Å². The smallest absolute Gasteiger partial charge is 0.160 e. The molecule has 5 heteroatoms. The quantitative estimate of drug-likeness (QED) is 0.653. The van der Waals surface area contributed by atoms with Crippen LogP contribution in [-0.4, -0.2) is 20.7 Å². The molecule has 0 radical (unpaired) electrons. The first kappa shape index (κ1) is 18.6. The number of pyridine rings is 1. The highest BCUT2D eigenvalue weighted by molar-refractivity contribution is 5.87. The number of nitrogens with zero attached hydrogens (tertiary/aromatic N) is 4. The van der Waals surface area contributed by atoms with Gasteiger partial charge in [0.05, 0.1) is 11.8 Å². The first-order valence-electron chi connectivity index (χ1n) is 10.4. The van der Waals surface area contributed by atoms with Gasteiger partial charge in [0.25, 0.3) is 0 Å². The third-order valence-electron chi connectivity index (χ3n) is 6.93. The Morgan fingerprint density at radius 2 is 1.97 bits per heavy atom. The highest BCUT2D eigenvalue weighted by Gasteiger charge is 2.56. The van der Waals surface area contributed by atoms with Crippen LogP contribution in [0.15, 0.2) is 61.1 Å². The molecule has 2 aromatic heterocycles. The van der Waals surface area contributed by atoms with Crippen LogP contribution in [-0.2, 0) is 16.6 Å². The molecule has 1 unspecified atom stereocenters. The van der Waals surface area contributed by atoms with E-state index in [1.807, 2.05) is 43.5 Å². The average molecular weight is 394 g/mol. The fourth-order valence-electron chi connectivity index (χ4n) is 5.52. The lowest BCUT2D eigenvalue weighted by Crippen LogP contribution is -2.53. The van der Waals surface area contributed by atoms with E-state index in [4.69, 9.17) is 4.98 Å². The summed E-state index contributed by atoms with van der Waals surface area (Å²) in [6.45, 7) is 1.99. The predicted molar refractivity (Wildman–Crippen MR) is 112 cm³/mol. The van der Waals surface area contributed by atoms with Crippen molar-refractivity contribution in [1.29, 1.82) is 5.26 Å².